The van der Waals surface area contributed by atoms with Gasteiger partial charge in [-0.25, -0.2) is 4.79 Å². The summed E-state index contributed by atoms with van der Waals surface area (Å²) in [5.41, 5.74) is 2.39. The molecule has 6 nitrogen and oxygen atoms in total. The van der Waals surface area contributed by atoms with Gasteiger partial charge in [0.15, 0.2) is 0 Å². The summed E-state index contributed by atoms with van der Waals surface area (Å²) in [6, 6.07) is 15.4. The summed E-state index contributed by atoms with van der Waals surface area (Å²) in [5.74, 6) is -0.122. The summed E-state index contributed by atoms with van der Waals surface area (Å²) < 4.78 is 11.6. The Balaban J connectivity index is 1.45. The molecule has 0 spiro atoms. The molecule has 0 aromatic heterocycles. The number of nitrogens with one attached hydrogen (secondary N) is 1. The fraction of sp³-hybridized carbons (Fsp3) is 0.364. The van der Waals surface area contributed by atoms with Crippen LogP contribution < -0.4 is 10.2 Å². The molecule has 2 aromatic rings. The highest BCUT2D eigenvalue weighted by Gasteiger charge is 2.35. The zero-order chi connectivity index (χ0) is 20.3. The van der Waals surface area contributed by atoms with Gasteiger partial charge in [-0.05, 0) is 54.8 Å². The third-order valence-electron chi connectivity index (χ3n) is 5.70. The Morgan fingerprint density at radius 1 is 1.03 bits per heavy atom. The Morgan fingerprint density at radius 2 is 1.72 bits per heavy atom. The van der Waals surface area contributed by atoms with Crippen LogP contribution in [0.15, 0.2) is 53.0 Å². The average Bonchev–Trinajstić information content (AvgIpc) is 3.19. The molecule has 0 aliphatic carbocycles. The van der Waals surface area contributed by atoms with E-state index in [0.29, 0.717) is 38.5 Å². The molecule has 0 unspecified atom stereocenters. The maximum atomic E-state index is 12.8. The van der Waals surface area contributed by atoms with Crippen LogP contribution in [0.5, 0.6) is 0 Å². The molecule has 152 valence electrons. The number of hydrogen-bond donors (Lipinski definition) is 1. The van der Waals surface area contributed by atoms with Gasteiger partial charge < -0.3 is 14.8 Å². The molecule has 2 heterocycles. The zero-order valence-electron chi connectivity index (χ0n) is 16.0. The van der Waals surface area contributed by atoms with Gasteiger partial charge in [0, 0.05) is 40.9 Å². The minimum absolute atomic E-state index is 0.122. The van der Waals surface area contributed by atoms with Gasteiger partial charge in [0.2, 0.25) is 0 Å². The monoisotopic (exact) mass is 458 g/mol. The molecular weight excluding hydrogens is 436 g/mol. The van der Waals surface area contributed by atoms with E-state index < -0.39 is 0 Å². The number of halogens is 1. The first-order chi connectivity index (χ1) is 14.1. The number of amides is 2. The Bertz CT molecular complexity index is 877. The van der Waals surface area contributed by atoms with E-state index in [1.165, 1.54) is 5.56 Å². The van der Waals surface area contributed by atoms with Crippen LogP contribution in [0.3, 0.4) is 0 Å². The van der Waals surface area contributed by atoms with Gasteiger partial charge in [0.25, 0.3) is 5.91 Å². The summed E-state index contributed by atoms with van der Waals surface area (Å²) in [7, 11) is 0. The average molecular weight is 459 g/mol. The van der Waals surface area contributed by atoms with E-state index in [-0.39, 0.29) is 17.4 Å². The van der Waals surface area contributed by atoms with Gasteiger partial charge in [-0.15, -0.1) is 0 Å². The minimum Gasteiger partial charge on any atom is -0.447 e. The normalized spacial score (nSPS) is 18.4. The van der Waals surface area contributed by atoms with Gasteiger partial charge in [-0.1, -0.05) is 28.1 Å². The Labute approximate surface area is 178 Å². The van der Waals surface area contributed by atoms with Crippen molar-refractivity contribution < 1.29 is 19.1 Å². The quantitative estimate of drug-likeness (QED) is 0.737. The molecule has 1 N–H and O–H groups in total. The molecule has 29 heavy (non-hydrogen) atoms. The van der Waals surface area contributed by atoms with Crippen LogP contribution in [-0.2, 0) is 14.9 Å². The standard InChI is InChI=1S/C22H23BrN2O4/c23-18-5-3-17(4-6-18)22(9-12-28-13-10-22)15-24-20(26)16-1-7-19(8-2-16)25-11-14-29-21(25)27/h1-8H,9-15H2,(H,24,26). The molecule has 0 atom stereocenters. The van der Waals surface area contributed by atoms with Crippen LogP contribution in [0.4, 0.5) is 10.5 Å². The third kappa shape index (κ3) is 4.31. The van der Waals surface area contributed by atoms with E-state index in [4.69, 9.17) is 9.47 Å². The molecule has 2 aromatic carbocycles. The Morgan fingerprint density at radius 3 is 2.34 bits per heavy atom. The Hall–Kier alpha value is -2.38. The second-order valence-electron chi connectivity index (χ2n) is 7.40. The minimum atomic E-state index is -0.349. The Kier molecular flexibility index (Phi) is 5.87. The van der Waals surface area contributed by atoms with Gasteiger partial charge >= 0.3 is 6.09 Å². The van der Waals surface area contributed by atoms with Crippen molar-refractivity contribution in [2.75, 3.05) is 37.8 Å². The van der Waals surface area contributed by atoms with Crippen LogP contribution in [-0.4, -0.2) is 44.9 Å². The van der Waals surface area contributed by atoms with Crippen molar-refractivity contribution in [3.8, 4) is 0 Å². The maximum Gasteiger partial charge on any atom is 0.414 e. The van der Waals surface area contributed by atoms with Crippen molar-refractivity contribution in [3.63, 3.8) is 0 Å². The van der Waals surface area contributed by atoms with Crippen LogP contribution >= 0.6 is 15.9 Å². The van der Waals surface area contributed by atoms with Crippen LogP contribution in [0.1, 0.15) is 28.8 Å². The summed E-state index contributed by atoms with van der Waals surface area (Å²) in [4.78, 5) is 26.0. The number of hydrogen-bond acceptors (Lipinski definition) is 4. The summed E-state index contributed by atoms with van der Waals surface area (Å²) in [6.45, 7) is 2.85. The van der Waals surface area contributed by atoms with Crippen molar-refractivity contribution in [3.05, 3.63) is 64.1 Å². The molecule has 0 radical (unpaired) electrons. The van der Waals surface area contributed by atoms with Gasteiger partial charge in [0.05, 0.1) is 6.54 Å². The zero-order valence-corrected chi connectivity index (χ0v) is 17.6. The van der Waals surface area contributed by atoms with Crippen molar-refractivity contribution >= 4 is 33.6 Å². The van der Waals surface area contributed by atoms with Crippen LogP contribution in [0, 0.1) is 0 Å². The van der Waals surface area contributed by atoms with Crippen LogP contribution in [0.25, 0.3) is 0 Å². The van der Waals surface area contributed by atoms with Crippen molar-refractivity contribution in [1.82, 2.24) is 5.32 Å². The highest BCUT2D eigenvalue weighted by atomic mass is 79.9. The van der Waals surface area contributed by atoms with Crippen molar-refractivity contribution in [2.24, 2.45) is 0 Å². The number of ether oxygens (including phenoxy) is 2. The molecule has 0 bridgehead atoms. The van der Waals surface area contributed by atoms with Gasteiger partial charge in [0.1, 0.15) is 6.61 Å². The fourth-order valence-corrected chi connectivity index (χ4v) is 4.17. The van der Waals surface area contributed by atoms with E-state index in [0.717, 1.165) is 23.0 Å². The molecule has 4 rings (SSSR count). The van der Waals surface area contributed by atoms with E-state index in [1.54, 1.807) is 29.2 Å². The number of rotatable bonds is 5. The topological polar surface area (TPSA) is 67.9 Å². The predicted octanol–water partition coefficient (Wildman–Crippen LogP) is 3.88. The highest BCUT2D eigenvalue weighted by molar-refractivity contribution is 9.10. The molecular formula is C22H23BrN2O4. The summed E-state index contributed by atoms with van der Waals surface area (Å²) >= 11 is 3.49. The predicted molar refractivity (Wildman–Crippen MR) is 113 cm³/mol. The first-order valence-corrected chi connectivity index (χ1v) is 10.5. The van der Waals surface area contributed by atoms with E-state index in [2.05, 4.69) is 33.4 Å². The van der Waals surface area contributed by atoms with Gasteiger partial charge in [-0.3, -0.25) is 9.69 Å². The lowest BCUT2D eigenvalue weighted by molar-refractivity contribution is 0.0487. The molecule has 2 fully saturated rings. The summed E-state index contributed by atoms with van der Waals surface area (Å²) in [6.07, 6.45) is 1.38. The molecule has 2 aliphatic heterocycles. The SMILES string of the molecule is O=C(NCC1(c2ccc(Br)cc2)CCOCC1)c1ccc(N2CCOC2=O)cc1. The largest absolute Gasteiger partial charge is 0.447 e. The number of carbonyl (C=O) groups is 2. The number of anilines is 1. The molecule has 2 aliphatic rings. The molecule has 2 saturated heterocycles. The first-order valence-electron chi connectivity index (χ1n) is 9.74. The molecule has 2 amide bonds. The second kappa shape index (κ2) is 8.55. The summed E-state index contributed by atoms with van der Waals surface area (Å²) in [5, 5.41) is 3.11. The number of benzene rings is 2. The van der Waals surface area contributed by atoms with Crippen LogP contribution in [0.2, 0.25) is 0 Å². The number of carbonyl (C=O) groups excluding carboxylic acids is 2. The maximum absolute atomic E-state index is 12.8. The van der Waals surface area contributed by atoms with Crippen molar-refractivity contribution in [1.29, 1.82) is 0 Å². The fourth-order valence-electron chi connectivity index (χ4n) is 3.91. The van der Waals surface area contributed by atoms with Gasteiger partial charge in [-0.2, -0.15) is 0 Å². The number of cyclic esters (lactones) is 1. The lowest BCUT2D eigenvalue weighted by atomic mass is 9.74. The van der Waals surface area contributed by atoms with E-state index >= 15 is 0 Å². The van der Waals surface area contributed by atoms with Crippen molar-refractivity contribution in [2.45, 2.75) is 18.3 Å². The number of nitrogens with zero attached hydrogens (tertiary/aromatic N) is 1. The highest BCUT2D eigenvalue weighted by Crippen LogP contribution is 2.35. The van der Waals surface area contributed by atoms with E-state index in [1.807, 2.05) is 12.1 Å². The molecule has 0 saturated carbocycles. The second-order valence-corrected chi connectivity index (χ2v) is 8.31. The molecule has 7 heteroatoms. The lowest BCUT2D eigenvalue weighted by Gasteiger charge is -2.38. The smallest absolute Gasteiger partial charge is 0.414 e. The first kappa shape index (κ1) is 19.9. The lowest BCUT2D eigenvalue weighted by Crippen LogP contribution is -2.44. The van der Waals surface area contributed by atoms with E-state index in [9.17, 15) is 9.59 Å². The third-order valence-corrected chi connectivity index (χ3v) is 6.22.